The molecular formula is C6H9NO4. The summed E-state index contributed by atoms with van der Waals surface area (Å²) in [7, 11) is 0. The SMILES string of the molecule is CC(C)(NC(=O)C=O)C(=O)O. The predicted octanol–water partition coefficient (Wildman–Crippen LogP) is -0.835. The average molecular weight is 159 g/mol. The molecule has 0 aromatic heterocycles. The maximum absolute atomic E-state index is 10.4. The Morgan fingerprint density at radius 2 is 1.91 bits per heavy atom. The van der Waals surface area contributed by atoms with E-state index in [2.05, 4.69) is 0 Å². The van der Waals surface area contributed by atoms with Crippen LogP contribution in [0.15, 0.2) is 0 Å². The highest BCUT2D eigenvalue weighted by Gasteiger charge is 2.28. The van der Waals surface area contributed by atoms with Crippen molar-refractivity contribution in [1.82, 2.24) is 5.32 Å². The molecule has 0 radical (unpaired) electrons. The number of amides is 1. The van der Waals surface area contributed by atoms with Gasteiger partial charge in [0.1, 0.15) is 5.54 Å². The molecule has 1 amide bonds. The van der Waals surface area contributed by atoms with Gasteiger partial charge in [-0.25, -0.2) is 4.79 Å². The molecule has 0 unspecified atom stereocenters. The second-order valence-corrected chi connectivity index (χ2v) is 2.54. The van der Waals surface area contributed by atoms with E-state index in [1.54, 1.807) is 0 Å². The summed E-state index contributed by atoms with van der Waals surface area (Å²) in [5.74, 6) is -2.12. The van der Waals surface area contributed by atoms with Gasteiger partial charge in [0.05, 0.1) is 0 Å². The van der Waals surface area contributed by atoms with E-state index in [-0.39, 0.29) is 6.29 Å². The Bertz CT molecular complexity index is 197. The molecule has 11 heavy (non-hydrogen) atoms. The van der Waals surface area contributed by atoms with Crippen LogP contribution < -0.4 is 5.32 Å². The monoisotopic (exact) mass is 159 g/mol. The second kappa shape index (κ2) is 3.14. The largest absolute Gasteiger partial charge is 0.480 e. The Kier molecular flexibility index (Phi) is 2.74. The summed E-state index contributed by atoms with van der Waals surface area (Å²) in [4.78, 5) is 30.5. The van der Waals surface area contributed by atoms with Gasteiger partial charge < -0.3 is 10.4 Å². The van der Waals surface area contributed by atoms with Crippen molar-refractivity contribution in [3.05, 3.63) is 0 Å². The van der Waals surface area contributed by atoms with E-state index in [0.717, 1.165) is 0 Å². The fraction of sp³-hybridized carbons (Fsp3) is 0.500. The van der Waals surface area contributed by atoms with Crippen molar-refractivity contribution in [3.8, 4) is 0 Å². The van der Waals surface area contributed by atoms with Gasteiger partial charge in [-0.05, 0) is 13.8 Å². The summed E-state index contributed by atoms with van der Waals surface area (Å²) in [6.45, 7) is 2.58. The molecule has 62 valence electrons. The zero-order valence-corrected chi connectivity index (χ0v) is 6.25. The molecule has 0 saturated heterocycles. The van der Waals surface area contributed by atoms with Crippen LogP contribution in [0.25, 0.3) is 0 Å². The van der Waals surface area contributed by atoms with Crippen LogP contribution in [-0.4, -0.2) is 28.8 Å². The van der Waals surface area contributed by atoms with Crippen LogP contribution in [-0.2, 0) is 14.4 Å². The molecule has 2 N–H and O–H groups in total. The first-order valence-electron chi connectivity index (χ1n) is 2.91. The van der Waals surface area contributed by atoms with Crippen LogP contribution in [0.3, 0.4) is 0 Å². The normalized spacial score (nSPS) is 10.4. The van der Waals surface area contributed by atoms with Crippen LogP contribution >= 0.6 is 0 Å². The molecule has 0 aliphatic carbocycles. The third kappa shape index (κ3) is 2.79. The Labute approximate surface area is 63.4 Å². The van der Waals surface area contributed by atoms with Gasteiger partial charge in [0.25, 0.3) is 5.91 Å². The summed E-state index contributed by atoms with van der Waals surface area (Å²) in [5.41, 5.74) is -1.39. The number of carbonyl (C=O) groups is 3. The molecule has 5 nitrogen and oxygen atoms in total. The maximum Gasteiger partial charge on any atom is 0.328 e. The zero-order valence-electron chi connectivity index (χ0n) is 6.25. The summed E-state index contributed by atoms with van der Waals surface area (Å²) in [6, 6.07) is 0. The maximum atomic E-state index is 10.4. The first-order valence-corrected chi connectivity index (χ1v) is 2.91. The number of hydrogen-bond acceptors (Lipinski definition) is 3. The highest BCUT2D eigenvalue weighted by molar-refractivity contribution is 6.24. The van der Waals surface area contributed by atoms with E-state index in [4.69, 9.17) is 5.11 Å². The van der Waals surface area contributed by atoms with Crippen LogP contribution in [0.5, 0.6) is 0 Å². The molecule has 0 saturated carbocycles. The van der Waals surface area contributed by atoms with Gasteiger partial charge in [-0.1, -0.05) is 0 Å². The van der Waals surface area contributed by atoms with Gasteiger partial charge in [-0.15, -0.1) is 0 Å². The van der Waals surface area contributed by atoms with E-state index >= 15 is 0 Å². The number of carbonyl (C=O) groups excluding carboxylic acids is 2. The van der Waals surface area contributed by atoms with Crippen LogP contribution in [0.1, 0.15) is 13.8 Å². The summed E-state index contributed by atoms with van der Waals surface area (Å²) >= 11 is 0. The van der Waals surface area contributed by atoms with E-state index in [9.17, 15) is 14.4 Å². The van der Waals surface area contributed by atoms with Crippen LogP contribution in [0.4, 0.5) is 0 Å². The summed E-state index contributed by atoms with van der Waals surface area (Å²) < 4.78 is 0. The summed E-state index contributed by atoms with van der Waals surface area (Å²) in [6.07, 6.45) is 0.0324. The van der Waals surface area contributed by atoms with Crippen molar-refractivity contribution in [2.45, 2.75) is 19.4 Å². The minimum atomic E-state index is -1.39. The molecule has 0 fully saturated rings. The molecule has 0 spiro atoms. The molecule has 0 atom stereocenters. The van der Waals surface area contributed by atoms with E-state index < -0.39 is 17.4 Å². The van der Waals surface area contributed by atoms with Gasteiger partial charge in [0.2, 0.25) is 6.29 Å². The number of aldehydes is 1. The lowest BCUT2D eigenvalue weighted by molar-refractivity contribution is -0.146. The molecule has 0 heterocycles. The fourth-order valence-corrected chi connectivity index (χ4v) is 0.391. The van der Waals surface area contributed by atoms with E-state index in [1.807, 2.05) is 5.32 Å². The van der Waals surface area contributed by atoms with Gasteiger partial charge >= 0.3 is 5.97 Å². The van der Waals surface area contributed by atoms with Crippen molar-refractivity contribution < 1.29 is 19.5 Å². The number of nitrogens with one attached hydrogen (secondary N) is 1. The highest BCUT2D eigenvalue weighted by atomic mass is 16.4. The molecular weight excluding hydrogens is 150 g/mol. The van der Waals surface area contributed by atoms with Crippen molar-refractivity contribution in [1.29, 1.82) is 0 Å². The Hall–Kier alpha value is -1.39. The predicted molar refractivity (Wildman–Crippen MR) is 35.9 cm³/mol. The van der Waals surface area contributed by atoms with Gasteiger partial charge in [0, 0.05) is 0 Å². The average Bonchev–Trinajstić information content (AvgIpc) is 1.86. The molecule has 0 rings (SSSR count). The minimum Gasteiger partial charge on any atom is -0.480 e. The van der Waals surface area contributed by atoms with Gasteiger partial charge in [-0.2, -0.15) is 0 Å². The quantitative estimate of drug-likeness (QED) is 0.415. The Morgan fingerprint density at radius 1 is 1.45 bits per heavy atom. The molecule has 0 aromatic rings. The zero-order chi connectivity index (χ0) is 9.07. The highest BCUT2D eigenvalue weighted by Crippen LogP contribution is 2.00. The van der Waals surface area contributed by atoms with Crippen molar-refractivity contribution >= 4 is 18.2 Å². The smallest absolute Gasteiger partial charge is 0.328 e. The lowest BCUT2D eigenvalue weighted by atomic mass is 10.1. The molecule has 0 aromatic carbocycles. The van der Waals surface area contributed by atoms with Crippen molar-refractivity contribution in [2.75, 3.05) is 0 Å². The van der Waals surface area contributed by atoms with Crippen LogP contribution in [0.2, 0.25) is 0 Å². The number of hydrogen-bond donors (Lipinski definition) is 2. The molecule has 5 heteroatoms. The van der Waals surface area contributed by atoms with Crippen LogP contribution in [0, 0.1) is 0 Å². The fourth-order valence-electron chi connectivity index (χ4n) is 0.391. The van der Waals surface area contributed by atoms with E-state index in [1.165, 1.54) is 13.8 Å². The van der Waals surface area contributed by atoms with Gasteiger partial charge in [0.15, 0.2) is 0 Å². The first kappa shape index (κ1) is 9.61. The minimum absolute atomic E-state index is 0.0324. The summed E-state index contributed by atoms with van der Waals surface area (Å²) in [5, 5.41) is 10.5. The first-order chi connectivity index (χ1) is 4.90. The molecule has 0 bridgehead atoms. The number of aliphatic carboxylic acids is 1. The second-order valence-electron chi connectivity index (χ2n) is 2.54. The third-order valence-corrected chi connectivity index (χ3v) is 1.08. The third-order valence-electron chi connectivity index (χ3n) is 1.08. The lowest BCUT2D eigenvalue weighted by Gasteiger charge is -2.18. The van der Waals surface area contributed by atoms with Crippen molar-refractivity contribution in [2.24, 2.45) is 0 Å². The molecule has 0 aliphatic rings. The standard InChI is InChI=1S/C6H9NO4/c1-6(2,5(10)11)7-4(9)3-8/h3H,1-2H3,(H,7,9)(H,10,11). The topological polar surface area (TPSA) is 83.5 Å². The Morgan fingerprint density at radius 3 is 2.18 bits per heavy atom. The van der Waals surface area contributed by atoms with Gasteiger partial charge in [-0.3, -0.25) is 9.59 Å². The molecule has 0 aliphatic heterocycles. The number of carboxylic acids is 1. The number of carboxylic acid groups (broad SMARTS) is 1. The van der Waals surface area contributed by atoms with Crippen molar-refractivity contribution in [3.63, 3.8) is 0 Å². The number of rotatable bonds is 3. The Balaban J connectivity index is 4.23. The lowest BCUT2D eigenvalue weighted by Crippen LogP contribution is -2.50. The van der Waals surface area contributed by atoms with E-state index in [0.29, 0.717) is 0 Å².